The Morgan fingerprint density at radius 2 is 2.46 bits per heavy atom. The van der Waals surface area contributed by atoms with Crippen LogP contribution >= 0.6 is 11.7 Å². The van der Waals surface area contributed by atoms with Crippen LogP contribution in [0.15, 0.2) is 18.6 Å². The lowest BCUT2D eigenvalue weighted by Gasteiger charge is -1.97. The summed E-state index contributed by atoms with van der Waals surface area (Å²) in [5, 5.41) is 4.02. The average Bonchev–Trinajstić information content (AvgIpc) is 2.71. The van der Waals surface area contributed by atoms with Gasteiger partial charge >= 0.3 is 0 Å². The van der Waals surface area contributed by atoms with Gasteiger partial charge in [-0.3, -0.25) is 4.68 Å². The van der Waals surface area contributed by atoms with Gasteiger partial charge in [-0.05, 0) is 0 Å². The van der Waals surface area contributed by atoms with Crippen molar-refractivity contribution >= 4 is 11.7 Å². The van der Waals surface area contributed by atoms with Crippen molar-refractivity contribution in [2.45, 2.75) is 6.61 Å². The molecular weight excluding hydrogens is 188 g/mol. The predicted molar refractivity (Wildman–Crippen MR) is 47.4 cm³/mol. The third-order valence-electron chi connectivity index (χ3n) is 1.49. The van der Waals surface area contributed by atoms with Crippen LogP contribution in [0, 0.1) is 0 Å². The number of hydrogen-bond acceptors (Lipinski definition) is 5. The summed E-state index contributed by atoms with van der Waals surface area (Å²) in [6.45, 7) is 0.485. The highest BCUT2D eigenvalue weighted by molar-refractivity contribution is 6.99. The maximum absolute atomic E-state index is 5.33. The number of nitrogens with zero attached hydrogens (tertiary/aromatic N) is 4. The van der Waals surface area contributed by atoms with Gasteiger partial charge < -0.3 is 4.74 Å². The van der Waals surface area contributed by atoms with Gasteiger partial charge in [0.05, 0.1) is 17.9 Å². The van der Waals surface area contributed by atoms with E-state index in [0.29, 0.717) is 12.5 Å². The summed E-state index contributed by atoms with van der Waals surface area (Å²) < 4.78 is 14.8. The number of ether oxygens (including phenoxy) is 1. The highest BCUT2D eigenvalue weighted by Crippen LogP contribution is 2.08. The Kier molecular flexibility index (Phi) is 2.22. The number of rotatable bonds is 3. The topological polar surface area (TPSA) is 52.8 Å². The molecule has 0 unspecified atom stereocenters. The van der Waals surface area contributed by atoms with Gasteiger partial charge in [-0.25, -0.2) is 0 Å². The zero-order valence-corrected chi connectivity index (χ0v) is 7.86. The number of aromatic nitrogens is 4. The van der Waals surface area contributed by atoms with Crippen molar-refractivity contribution in [2.75, 3.05) is 0 Å². The van der Waals surface area contributed by atoms with E-state index in [0.717, 1.165) is 17.3 Å². The Bertz CT molecular complexity index is 370. The summed E-state index contributed by atoms with van der Waals surface area (Å²) >= 11 is 1.13. The van der Waals surface area contributed by atoms with E-state index in [9.17, 15) is 0 Å². The number of aryl methyl sites for hydroxylation is 1. The second-order valence-electron chi connectivity index (χ2n) is 2.56. The molecule has 2 aromatic heterocycles. The number of hydrogen-bond donors (Lipinski definition) is 0. The van der Waals surface area contributed by atoms with E-state index in [2.05, 4.69) is 13.8 Å². The molecule has 2 heterocycles. The van der Waals surface area contributed by atoms with Crippen LogP contribution in [0.25, 0.3) is 0 Å². The smallest absolute Gasteiger partial charge is 0.246 e. The summed E-state index contributed by atoms with van der Waals surface area (Å²) in [5.41, 5.74) is 1.02. The highest BCUT2D eigenvalue weighted by atomic mass is 32.1. The van der Waals surface area contributed by atoms with E-state index >= 15 is 0 Å². The van der Waals surface area contributed by atoms with Gasteiger partial charge in [0.15, 0.2) is 0 Å². The molecule has 0 bridgehead atoms. The minimum Gasteiger partial charge on any atom is -0.471 e. The molecule has 2 rings (SSSR count). The van der Waals surface area contributed by atoms with Crippen molar-refractivity contribution < 1.29 is 4.74 Å². The summed E-state index contributed by atoms with van der Waals surface area (Å²) in [7, 11) is 1.87. The summed E-state index contributed by atoms with van der Waals surface area (Å²) in [6.07, 6.45) is 5.26. The van der Waals surface area contributed by atoms with Gasteiger partial charge in [-0.15, -0.1) is 4.37 Å². The Morgan fingerprint density at radius 1 is 1.54 bits per heavy atom. The van der Waals surface area contributed by atoms with E-state index in [1.165, 1.54) is 0 Å². The molecule has 68 valence electrons. The second-order valence-corrected chi connectivity index (χ2v) is 3.11. The van der Waals surface area contributed by atoms with Crippen molar-refractivity contribution in [1.29, 1.82) is 0 Å². The van der Waals surface area contributed by atoms with Crippen LogP contribution in [0.4, 0.5) is 0 Å². The first-order valence-electron chi connectivity index (χ1n) is 3.72. The maximum Gasteiger partial charge on any atom is 0.246 e. The lowest BCUT2D eigenvalue weighted by molar-refractivity contribution is 0.296. The van der Waals surface area contributed by atoms with Crippen molar-refractivity contribution in [3.63, 3.8) is 0 Å². The third-order valence-corrected chi connectivity index (χ3v) is 1.95. The molecule has 0 saturated heterocycles. The zero-order chi connectivity index (χ0) is 9.10. The van der Waals surface area contributed by atoms with E-state index in [4.69, 9.17) is 4.74 Å². The molecular formula is C7H8N4OS. The molecule has 13 heavy (non-hydrogen) atoms. The molecule has 5 nitrogen and oxygen atoms in total. The molecule has 0 atom stereocenters. The molecule has 0 aliphatic rings. The van der Waals surface area contributed by atoms with Crippen LogP contribution in [0.5, 0.6) is 5.88 Å². The first-order chi connectivity index (χ1) is 6.34. The van der Waals surface area contributed by atoms with Gasteiger partial charge in [0.2, 0.25) is 5.88 Å². The third kappa shape index (κ3) is 2.03. The Balaban J connectivity index is 1.93. The minimum absolute atomic E-state index is 0.485. The molecule has 6 heteroatoms. The second kappa shape index (κ2) is 3.53. The van der Waals surface area contributed by atoms with Gasteiger partial charge in [0, 0.05) is 18.8 Å². The molecule has 0 aromatic carbocycles. The molecule has 0 amide bonds. The summed E-state index contributed by atoms with van der Waals surface area (Å²) in [5.74, 6) is 0.564. The first kappa shape index (κ1) is 8.18. The maximum atomic E-state index is 5.33. The molecule has 0 spiro atoms. The van der Waals surface area contributed by atoms with Crippen molar-refractivity contribution in [1.82, 2.24) is 18.5 Å². The van der Waals surface area contributed by atoms with Crippen LogP contribution in [-0.2, 0) is 13.7 Å². The van der Waals surface area contributed by atoms with Gasteiger partial charge in [-0.2, -0.15) is 9.47 Å². The summed E-state index contributed by atoms with van der Waals surface area (Å²) in [6, 6.07) is 0. The minimum atomic E-state index is 0.485. The summed E-state index contributed by atoms with van der Waals surface area (Å²) in [4.78, 5) is 0. The van der Waals surface area contributed by atoms with Crippen LogP contribution in [-0.4, -0.2) is 18.5 Å². The van der Waals surface area contributed by atoms with Crippen LogP contribution in [0.3, 0.4) is 0 Å². The molecule has 0 fully saturated rings. The quantitative estimate of drug-likeness (QED) is 0.730. The molecule has 0 radical (unpaired) electrons. The van der Waals surface area contributed by atoms with Gasteiger partial charge in [0.1, 0.15) is 12.8 Å². The Hall–Kier alpha value is -1.43. The van der Waals surface area contributed by atoms with E-state index in [1.807, 2.05) is 13.2 Å². The Labute approximate surface area is 79.3 Å². The van der Waals surface area contributed by atoms with Crippen LogP contribution in [0.1, 0.15) is 5.56 Å². The zero-order valence-electron chi connectivity index (χ0n) is 7.04. The van der Waals surface area contributed by atoms with Crippen LogP contribution in [0.2, 0.25) is 0 Å². The average molecular weight is 196 g/mol. The fourth-order valence-corrected chi connectivity index (χ4v) is 1.29. The molecule has 0 N–H and O–H groups in total. The van der Waals surface area contributed by atoms with Crippen molar-refractivity contribution in [3.05, 3.63) is 24.2 Å². The van der Waals surface area contributed by atoms with Crippen LogP contribution < -0.4 is 4.74 Å². The fourth-order valence-electron chi connectivity index (χ4n) is 0.923. The van der Waals surface area contributed by atoms with Crippen molar-refractivity contribution in [2.24, 2.45) is 7.05 Å². The van der Waals surface area contributed by atoms with E-state index in [1.54, 1.807) is 17.1 Å². The standard InChI is InChI=1S/C7H8N4OS/c1-11-4-6(2-8-11)5-12-7-3-9-13-10-7/h2-4H,5H2,1H3. The van der Waals surface area contributed by atoms with Crippen molar-refractivity contribution in [3.8, 4) is 5.88 Å². The molecule has 0 saturated carbocycles. The SMILES string of the molecule is Cn1cc(COc2cnsn2)cn1. The monoisotopic (exact) mass is 196 g/mol. The molecule has 2 aromatic rings. The molecule has 0 aliphatic carbocycles. The predicted octanol–water partition coefficient (Wildman–Crippen LogP) is 0.851. The van der Waals surface area contributed by atoms with Gasteiger partial charge in [0.25, 0.3) is 0 Å². The first-order valence-corrected chi connectivity index (χ1v) is 4.45. The normalized spacial score (nSPS) is 10.2. The van der Waals surface area contributed by atoms with E-state index in [-0.39, 0.29) is 0 Å². The lowest BCUT2D eigenvalue weighted by atomic mass is 10.4. The fraction of sp³-hybridized carbons (Fsp3) is 0.286. The molecule has 0 aliphatic heterocycles. The Morgan fingerprint density at radius 3 is 3.08 bits per heavy atom. The lowest BCUT2D eigenvalue weighted by Crippen LogP contribution is -1.93. The highest BCUT2D eigenvalue weighted by Gasteiger charge is 1.99. The van der Waals surface area contributed by atoms with E-state index < -0.39 is 0 Å². The largest absolute Gasteiger partial charge is 0.471 e. The van der Waals surface area contributed by atoms with Gasteiger partial charge in [-0.1, -0.05) is 0 Å².